The van der Waals surface area contributed by atoms with Gasteiger partial charge < -0.3 is 10.2 Å². The van der Waals surface area contributed by atoms with Gasteiger partial charge in [-0.05, 0) is 36.4 Å². The minimum Gasteiger partial charge on any atom is -0.507 e. The number of carbonyl (C=O) groups excluding carboxylic acids is 2. The highest BCUT2D eigenvalue weighted by Gasteiger charge is 2.11. The second-order valence-electron chi connectivity index (χ2n) is 4.80. The molecule has 0 saturated carbocycles. The second-order valence-corrected chi connectivity index (χ2v) is 6.64. The van der Waals surface area contributed by atoms with E-state index in [0.717, 1.165) is 0 Å². The van der Waals surface area contributed by atoms with Gasteiger partial charge >= 0.3 is 11.8 Å². The van der Waals surface area contributed by atoms with Crippen LogP contribution in [-0.2, 0) is 9.59 Å². The van der Waals surface area contributed by atoms with Gasteiger partial charge in [-0.15, -0.1) is 0 Å². The number of carbonyl (C=O) groups is 2. The summed E-state index contributed by atoms with van der Waals surface area (Å²) in [6, 6.07) is 9.34. The van der Waals surface area contributed by atoms with Crippen LogP contribution in [0.1, 0.15) is 11.1 Å². The number of nitrogens with zero attached hydrogens (tertiary/aromatic N) is 2. The molecule has 0 unspecified atom stereocenters. The Kier molecular flexibility index (Phi) is 6.87. The number of hydrogen-bond donors (Lipinski definition) is 4. The third-order valence-corrected chi connectivity index (χ3v) is 3.91. The Labute approximate surface area is 164 Å². The topological polar surface area (TPSA) is 123 Å². The van der Waals surface area contributed by atoms with Crippen molar-refractivity contribution in [3.05, 3.63) is 56.5 Å². The minimum absolute atomic E-state index is 0.0333. The maximum atomic E-state index is 11.6. The van der Waals surface area contributed by atoms with Gasteiger partial charge in [-0.3, -0.25) is 9.59 Å². The highest BCUT2D eigenvalue weighted by atomic mass is 79.9. The van der Waals surface area contributed by atoms with Crippen LogP contribution in [-0.4, -0.2) is 34.5 Å². The molecular weight excluding hydrogens is 472 g/mol. The van der Waals surface area contributed by atoms with Gasteiger partial charge in [0.2, 0.25) is 0 Å². The van der Waals surface area contributed by atoms with Gasteiger partial charge in [-0.1, -0.05) is 31.9 Å². The summed E-state index contributed by atoms with van der Waals surface area (Å²) in [6.07, 6.45) is 2.38. The molecule has 2 rings (SSSR count). The summed E-state index contributed by atoms with van der Waals surface area (Å²) < 4.78 is 1.43. The van der Waals surface area contributed by atoms with Crippen LogP contribution in [0.2, 0.25) is 0 Å². The van der Waals surface area contributed by atoms with E-state index >= 15 is 0 Å². The van der Waals surface area contributed by atoms with Crippen LogP contribution in [0.5, 0.6) is 11.5 Å². The van der Waals surface area contributed by atoms with Crippen LogP contribution in [0.25, 0.3) is 0 Å². The van der Waals surface area contributed by atoms with Gasteiger partial charge in [0.25, 0.3) is 0 Å². The maximum Gasteiger partial charge on any atom is 0.331 e. The van der Waals surface area contributed by atoms with Crippen LogP contribution < -0.4 is 10.9 Å². The number of phenols is 2. The number of rotatable bonds is 4. The number of amides is 2. The van der Waals surface area contributed by atoms with Crippen molar-refractivity contribution in [1.29, 1.82) is 0 Å². The van der Waals surface area contributed by atoms with Gasteiger partial charge in [-0.25, -0.2) is 10.9 Å². The number of phenolic OH excluding ortho intramolecular Hbond substituents is 2. The molecule has 0 aromatic heterocycles. The summed E-state index contributed by atoms with van der Waals surface area (Å²) in [5.41, 5.74) is 4.72. The fourth-order valence-corrected chi connectivity index (χ4v) is 2.44. The molecule has 0 bridgehead atoms. The first-order chi connectivity index (χ1) is 12.4. The van der Waals surface area contributed by atoms with Crippen LogP contribution in [0.3, 0.4) is 0 Å². The summed E-state index contributed by atoms with van der Waals surface area (Å²) in [7, 11) is 0. The zero-order valence-corrected chi connectivity index (χ0v) is 16.2. The van der Waals surface area contributed by atoms with Crippen molar-refractivity contribution in [3.63, 3.8) is 0 Å². The molecule has 26 heavy (non-hydrogen) atoms. The van der Waals surface area contributed by atoms with Gasteiger partial charge in [0.1, 0.15) is 11.5 Å². The average molecular weight is 484 g/mol. The Morgan fingerprint density at radius 1 is 0.808 bits per heavy atom. The fourth-order valence-electron chi connectivity index (χ4n) is 1.68. The average Bonchev–Trinajstić information content (AvgIpc) is 2.60. The van der Waals surface area contributed by atoms with E-state index in [2.05, 4.69) is 42.1 Å². The fraction of sp³-hybridized carbons (Fsp3) is 0. The Hall–Kier alpha value is -2.72. The van der Waals surface area contributed by atoms with Crippen LogP contribution in [0, 0.1) is 0 Å². The Bertz CT molecular complexity index is 826. The second kappa shape index (κ2) is 9.11. The molecule has 0 fully saturated rings. The molecule has 4 N–H and O–H groups in total. The van der Waals surface area contributed by atoms with Crippen LogP contribution >= 0.6 is 31.9 Å². The Morgan fingerprint density at radius 3 is 1.58 bits per heavy atom. The number of benzene rings is 2. The third-order valence-electron chi connectivity index (χ3n) is 2.92. The first kappa shape index (κ1) is 19.6. The summed E-state index contributed by atoms with van der Waals surface area (Å²) in [6.45, 7) is 0. The zero-order valence-electron chi connectivity index (χ0n) is 13.0. The van der Waals surface area contributed by atoms with Gasteiger partial charge in [-0.2, -0.15) is 10.2 Å². The van der Waals surface area contributed by atoms with E-state index in [4.69, 9.17) is 0 Å². The van der Waals surface area contributed by atoms with Crippen molar-refractivity contribution < 1.29 is 19.8 Å². The molecule has 2 aromatic rings. The molecule has 0 spiro atoms. The number of hydrazone groups is 2. The molecule has 0 aliphatic carbocycles. The summed E-state index contributed by atoms with van der Waals surface area (Å²) in [5, 5.41) is 26.4. The molecule has 134 valence electrons. The van der Waals surface area contributed by atoms with Gasteiger partial charge in [0, 0.05) is 20.1 Å². The van der Waals surface area contributed by atoms with Crippen molar-refractivity contribution in [2.45, 2.75) is 0 Å². The molecule has 0 aliphatic heterocycles. The van der Waals surface area contributed by atoms with Gasteiger partial charge in [0.15, 0.2) is 0 Å². The third kappa shape index (κ3) is 5.67. The molecule has 0 heterocycles. The lowest BCUT2D eigenvalue weighted by atomic mass is 10.2. The first-order valence-corrected chi connectivity index (χ1v) is 8.59. The maximum absolute atomic E-state index is 11.6. The van der Waals surface area contributed by atoms with E-state index in [1.54, 1.807) is 24.3 Å². The molecule has 2 amide bonds. The van der Waals surface area contributed by atoms with E-state index in [1.807, 2.05) is 10.9 Å². The van der Waals surface area contributed by atoms with Crippen molar-refractivity contribution in [2.75, 3.05) is 0 Å². The van der Waals surface area contributed by atoms with E-state index < -0.39 is 11.8 Å². The number of nitrogens with one attached hydrogen (secondary N) is 2. The Morgan fingerprint density at radius 2 is 1.19 bits per heavy atom. The lowest BCUT2D eigenvalue weighted by Gasteiger charge is -2.01. The molecule has 0 atom stereocenters. The number of aromatic hydroxyl groups is 2. The van der Waals surface area contributed by atoms with E-state index in [0.29, 0.717) is 20.1 Å². The van der Waals surface area contributed by atoms with E-state index in [1.165, 1.54) is 24.6 Å². The molecule has 0 radical (unpaired) electrons. The lowest BCUT2D eigenvalue weighted by Crippen LogP contribution is -2.35. The van der Waals surface area contributed by atoms with Crippen LogP contribution in [0.4, 0.5) is 0 Å². The van der Waals surface area contributed by atoms with Crippen molar-refractivity contribution in [3.8, 4) is 11.5 Å². The normalized spacial score (nSPS) is 11.0. The van der Waals surface area contributed by atoms with Crippen molar-refractivity contribution in [1.82, 2.24) is 10.9 Å². The van der Waals surface area contributed by atoms with E-state index in [9.17, 15) is 19.8 Å². The largest absolute Gasteiger partial charge is 0.507 e. The van der Waals surface area contributed by atoms with E-state index in [-0.39, 0.29) is 11.5 Å². The zero-order chi connectivity index (χ0) is 19.1. The number of halogens is 2. The Balaban J connectivity index is 1.90. The van der Waals surface area contributed by atoms with Crippen LogP contribution in [0.15, 0.2) is 55.5 Å². The SMILES string of the molecule is O=C(NN=Cc1cc(Br)ccc1O)C(=O)NN=Cc1cc(Br)ccc1O. The quantitative estimate of drug-likeness (QED) is 0.302. The molecule has 8 nitrogen and oxygen atoms in total. The van der Waals surface area contributed by atoms with Crippen molar-refractivity contribution >= 4 is 56.1 Å². The highest BCUT2D eigenvalue weighted by molar-refractivity contribution is 9.10. The molecule has 0 saturated heterocycles. The minimum atomic E-state index is -1.05. The van der Waals surface area contributed by atoms with Crippen molar-refractivity contribution in [2.24, 2.45) is 10.2 Å². The molecule has 10 heteroatoms. The molecule has 2 aromatic carbocycles. The lowest BCUT2D eigenvalue weighted by molar-refractivity contribution is -0.139. The standard InChI is InChI=1S/C16H12Br2N4O4/c17-11-1-3-13(23)9(5-11)7-19-21-15(25)16(26)22-20-8-10-6-12(18)2-4-14(10)24/h1-8,23-24H,(H,21,25)(H,22,26). The predicted octanol–water partition coefficient (Wildman–Crippen LogP) is 2.22. The van der Waals surface area contributed by atoms with Gasteiger partial charge in [0.05, 0.1) is 12.4 Å². The molecule has 0 aliphatic rings. The smallest absolute Gasteiger partial charge is 0.331 e. The summed E-state index contributed by atoms with van der Waals surface area (Å²) in [5.74, 6) is -2.17. The first-order valence-electron chi connectivity index (χ1n) is 7.00. The monoisotopic (exact) mass is 482 g/mol. The number of hydrogen-bond acceptors (Lipinski definition) is 6. The summed E-state index contributed by atoms with van der Waals surface area (Å²) in [4.78, 5) is 23.2. The molecular formula is C16H12Br2N4O4. The highest BCUT2D eigenvalue weighted by Crippen LogP contribution is 2.20. The predicted molar refractivity (Wildman–Crippen MR) is 103 cm³/mol. The summed E-state index contributed by atoms with van der Waals surface area (Å²) >= 11 is 6.47.